The Balaban J connectivity index is 1.58. The predicted molar refractivity (Wildman–Crippen MR) is 75.0 cm³/mol. The highest BCUT2D eigenvalue weighted by molar-refractivity contribution is 5.55. The number of hydrogen-bond acceptors (Lipinski definition) is 5. The highest BCUT2D eigenvalue weighted by Gasteiger charge is 2.23. The van der Waals surface area contributed by atoms with E-state index in [0.717, 1.165) is 30.1 Å². The third-order valence-corrected chi connectivity index (χ3v) is 3.65. The van der Waals surface area contributed by atoms with Gasteiger partial charge in [0.1, 0.15) is 0 Å². The number of nitrogens with zero attached hydrogens (tertiary/aromatic N) is 4. The van der Waals surface area contributed by atoms with Gasteiger partial charge in [0.05, 0.1) is 12.9 Å². The summed E-state index contributed by atoms with van der Waals surface area (Å²) in [6.45, 7) is 1.45. The van der Waals surface area contributed by atoms with Gasteiger partial charge in [-0.05, 0) is 30.7 Å². The molecule has 21 heavy (non-hydrogen) atoms. The van der Waals surface area contributed by atoms with Gasteiger partial charge in [0.2, 0.25) is 0 Å². The van der Waals surface area contributed by atoms with Crippen LogP contribution in [0.4, 0.5) is 0 Å². The Morgan fingerprint density at radius 3 is 2.81 bits per heavy atom. The lowest BCUT2D eigenvalue weighted by molar-refractivity contribution is 0.192. The number of hydrogen-bond donors (Lipinski definition) is 0. The van der Waals surface area contributed by atoms with Crippen molar-refractivity contribution in [2.75, 3.05) is 13.2 Å². The molecule has 106 valence electrons. The smallest absolute Gasteiger partial charge is 0.257 e. The average Bonchev–Trinajstić information content (AvgIpc) is 3.27. The third-order valence-electron chi connectivity index (χ3n) is 3.65. The molecule has 6 nitrogen and oxygen atoms in total. The summed E-state index contributed by atoms with van der Waals surface area (Å²) >= 11 is 0. The second-order valence-electron chi connectivity index (χ2n) is 5.04. The zero-order valence-electron chi connectivity index (χ0n) is 11.3. The fourth-order valence-electron chi connectivity index (χ4n) is 2.44. The van der Waals surface area contributed by atoms with Crippen molar-refractivity contribution in [1.29, 1.82) is 0 Å². The van der Waals surface area contributed by atoms with E-state index < -0.39 is 0 Å². The second kappa shape index (κ2) is 5.14. The van der Waals surface area contributed by atoms with Crippen molar-refractivity contribution in [3.05, 3.63) is 48.8 Å². The van der Waals surface area contributed by atoms with E-state index in [-0.39, 0.29) is 5.92 Å². The molecule has 4 rings (SSSR count). The van der Waals surface area contributed by atoms with Gasteiger partial charge in [0.15, 0.2) is 5.82 Å². The molecule has 0 unspecified atom stereocenters. The molecule has 1 aromatic carbocycles. The molecule has 0 N–H and O–H groups in total. The van der Waals surface area contributed by atoms with Crippen LogP contribution in [0.15, 0.2) is 47.5 Å². The van der Waals surface area contributed by atoms with E-state index in [1.54, 1.807) is 12.5 Å². The summed E-state index contributed by atoms with van der Waals surface area (Å²) in [6.07, 6.45) is 6.38. The Bertz CT molecular complexity index is 712. The van der Waals surface area contributed by atoms with Gasteiger partial charge in [-0.3, -0.25) is 0 Å². The molecule has 0 bridgehead atoms. The van der Waals surface area contributed by atoms with Crippen molar-refractivity contribution in [2.24, 2.45) is 0 Å². The first-order valence-electron chi connectivity index (χ1n) is 6.90. The van der Waals surface area contributed by atoms with Crippen molar-refractivity contribution in [3.63, 3.8) is 0 Å². The SMILES string of the molecule is c1cn(-c2ccc(-c3nc([C@@H]4CCOC4)no3)cc2)cn1. The van der Waals surface area contributed by atoms with Crippen molar-refractivity contribution in [1.82, 2.24) is 19.7 Å². The zero-order chi connectivity index (χ0) is 14.1. The number of aromatic nitrogens is 4. The van der Waals surface area contributed by atoms with E-state index in [0.29, 0.717) is 12.5 Å². The number of ether oxygens (including phenoxy) is 1. The third kappa shape index (κ3) is 2.34. The van der Waals surface area contributed by atoms with Gasteiger partial charge in [0.25, 0.3) is 5.89 Å². The Morgan fingerprint density at radius 2 is 2.10 bits per heavy atom. The molecule has 0 radical (unpaired) electrons. The van der Waals surface area contributed by atoms with Gasteiger partial charge in [-0.2, -0.15) is 4.98 Å². The lowest BCUT2D eigenvalue weighted by Crippen LogP contribution is -1.99. The Kier molecular flexibility index (Phi) is 3.01. The van der Waals surface area contributed by atoms with E-state index in [4.69, 9.17) is 9.26 Å². The van der Waals surface area contributed by atoms with Crippen molar-refractivity contribution in [3.8, 4) is 17.1 Å². The summed E-state index contributed by atoms with van der Waals surface area (Å²) in [6, 6.07) is 7.94. The standard InChI is InChI=1S/C15H14N4O2/c1-3-13(19-7-6-16-10-19)4-2-11(1)15-17-14(18-21-15)12-5-8-20-9-12/h1-4,6-7,10,12H,5,8-9H2/t12-/m1/s1. The van der Waals surface area contributed by atoms with Crippen molar-refractivity contribution < 1.29 is 9.26 Å². The van der Waals surface area contributed by atoms with Crippen LogP contribution in [-0.2, 0) is 4.74 Å². The first-order valence-corrected chi connectivity index (χ1v) is 6.90. The fourth-order valence-corrected chi connectivity index (χ4v) is 2.44. The molecule has 1 atom stereocenters. The van der Waals surface area contributed by atoms with Gasteiger partial charge < -0.3 is 13.8 Å². The summed E-state index contributed by atoms with van der Waals surface area (Å²) in [5.74, 6) is 1.54. The number of rotatable bonds is 3. The van der Waals surface area contributed by atoms with Gasteiger partial charge in [-0.1, -0.05) is 5.16 Å². The van der Waals surface area contributed by atoms with Crippen LogP contribution in [0.5, 0.6) is 0 Å². The molecule has 0 amide bonds. The van der Waals surface area contributed by atoms with Crippen LogP contribution in [0.3, 0.4) is 0 Å². The number of imidazole rings is 1. The summed E-state index contributed by atoms with van der Waals surface area (Å²) in [7, 11) is 0. The lowest BCUT2D eigenvalue weighted by Gasteiger charge is -2.02. The molecule has 0 spiro atoms. The quantitative estimate of drug-likeness (QED) is 0.738. The lowest BCUT2D eigenvalue weighted by atomic mass is 10.1. The van der Waals surface area contributed by atoms with Crippen LogP contribution < -0.4 is 0 Å². The summed E-state index contributed by atoms with van der Waals surface area (Å²) in [5.41, 5.74) is 1.96. The van der Waals surface area contributed by atoms with Gasteiger partial charge in [0, 0.05) is 36.2 Å². The van der Waals surface area contributed by atoms with Crippen LogP contribution in [0.1, 0.15) is 18.2 Å². The molecule has 0 saturated carbocycles. The topological polar surface area (TPSA) is 66.0 Å². The number of benzene rings is 1. The van der Waals surface area contributed by atoms with Crippen LogP contribution in [0.25, 0.3) is 17.1 Å². The molecule has 6 heteroatoms. The molecule has 1 saturated heterocycles. The highest BCUT2D eigenvalue weighted by Crippen LogP contribution is 2.26. The minimum Gasteiger partial charge on any atom is -0.381 e. The molecule has 3 aromatic rings. The monoisotopic (exact) mass is 282 g/mol. The normalized spacial score (nSPS) is 18.2. The highest BCUT2D eigenvalue weighted by atomic mass is 16.5. The van der Waals surface area contributed by atoms with Gasteiger partial charge in [-0.15, -0.1) is 0 Å². The molecule has 2 aromatic heterocycles. The summed E-state index contributed by atoms with van der Waals surface area (Å²) < 4.78 is 12.7. The first-order chi connectivity index (χ1) is 10.4. The van der Waals surface area contributed by atoms with E-state index in [9.17, 15) is 0 Å². The van der Waals surface area contributed by atoms with Crippen LogP contribution in [-0.4, -0.2) is 32.9 Å². The maximum Gasteiger partial charge on any atom is 0.257 e. The Labute approximate surface area is 121 Å². The molecule has 1 fully saturated rings. The van der Waals surface area contributed by atoms with Gasteiger partial charge >= 0.3 is 0 Å². The molecule has 1 aliphatic heterocycles. The summed E-state index contributed by atoms with van der Waals surface area (Å²) in [5, 5.41) is 4.07. The zero-order valence-corrected chi connectivity index (χ0v) is 11.3. The predicted octanol–water partition coefficient (Wildman–Crippen LogP) is 2.43. The maximum atomic E-state index is 5.36. The maximum absolute atomic E-state index is 5.36. The molecule has 0 aliphatic carbocycles. The Hall–Kier alpha value is -2.47. The molecular weight excluding hydrogens is 268 g/mol. The van der Waals surface area contributed by atoms with E-state index >= 15 is 0 Å². The van der Waals surface area contributed by atoms with E-state index in [2.05, 4.69) is 15.1 Å². The minimum absolute atomic E-state index is 0.257. The molecule has 1 aliphatic rings. The fraction of sp³-hybridized carbons (Fsp3) is 0.267. The largest absolute Gasteiger partial charge is 0.381 e. The van der Waals surface area contributed by atoms with Crippen LogP contribution >= 0.6 is 0 Å². The summed E-state index contributed by atoms with van der Waals surface area (Å²) in [4.78, 5) is 8.51. The van der Waals surface area contributed by atoms with E-state index in [1.807, 2.05) is 35.0 Å². The van der Waals surface area contributed by atoms with Gasteiger partial charge in [-0.25, -0.2) is 4.98 Å². The molecular formula is C15H14N4O2. The second-order valence-corrected chi connectivity index (χ2v) is 5.04. The average molecular weight is 282 g/mol. The first kappa shape index (κ1) is 12.3. The minimum atomic E-state index is 0.257. The van der Waals surface area contributed by atoms with Crippen molar-refractivity contribution in [2.45, 2.75) is 12.3 Å². The van der Waals surface area contributed by atoms with Crippen molar-refractivity contribution >= 4 is 0 Å². The Morgan fingerprint density at radius 1 is 1.19 bits per heavy atom. The van der Waals surface area contributed by atoms with E-state index in [1.165, 1.54) is 0 Å². The van der Waals surface area contributed by atoms with Crippen LogP contribution in [0, 0.1) is 0 Å². The van der Waals surface area contributed by atoms with Crippen LogP contribution in [0.2, 0.25) is 0 Å². The molecule has 3 heterocycles.